The second-order valence-corrected chi connectivity index (χ2v) is 7.66. The van der Waals surface area contributed by atoms with Crippen LogP contribution in [0.5, 0.6) is 0 Å². The molecule has 0 aromatic carbocycles. The van der Waals surface area contributed by atoms with Crippen molar-refractivity contribution in [3.63, 3.8) is 0 Å². The third-order valence-electron chi connectivity index (χ3n) is 3.83. The highest BCUT2D eigenvalue weighted by Gasteiger charge is 2.33. The van der Waals surface area contributed by atoms with Crippen molar-refractivity contribution in [2.24, 2.45) is 0 Å². The van der Waals surface area contributed by atoms with Crippen LogP contribution in [0, 0.1) is 6.92 Å². The normalized spacial score (nSPS) is 21.0. The SMILES string of the molecule is CCc1noc(C)c1-c1noc(CC2CCCS2(=O)=O)n1. The minimum atomic E-state index is -3.01. The fourth-order valence-corrected chi connectivity index (χ4v) is 4.49. The first-order valence-corrected chi connectivity index (χ1v) is 8.72. The summed E-state index contributed by atoms with van der Waals surface area (Å²) in [4.78, 5) is 4.31. The molecular weight excluding hydrogens is 294 g/mol. The summed E-state index contributed by atoms with van der Waals surface area (Å²) >= 11 is 0. The van der Waals surface area contributed by atoms with Gasteiger partial charge < -0.3 is 9.05 Å². The molecule has 1 saturated heterocycles. The Morgan fingerprint density at radius 1 is 1.29 bits per heavy atom. The van der Waals surface area contributed by atoms with E-state index in [1.54, 1.807) is 6.92 Å². The fourth-order valence-electron chi connectivity index (χ4n) is 2.67. The second kappa shape index (κ2) is 5.25. The quantitative estimate of drug-likeness (QED) is 0.847. The zero-order chi connectivity index (χ0) is 15.0. The van der Waals surface area contributed by atoms with Crippen LogP contribution >= 0.6 is 0 Å². The molecule has 1 unspecified atom stereocenters. The summed E-state index contributed by atoms with van der Waals surface area (Å²) in [7, 11) is -3.01. The fraction of sp³-hybridized carbons (Fsp3) is 0.615. The van der Waals surface area contributed by atoms with E-state index >= 15 is 0 Å². The van der Waals surface area contributed by atoms with Crippen LogP contribution in [0.2, 0.25) is 0 Å². The zero-order valence-corrected chi connectivity index (χ0v) is 12.8. The molecule has 0 spiro atoms. The topological polar surface area (TPSA) is 99.1 Å². The maximum absolute atomic E-state index is 11.8. The number of nitrogens with zero attached hydrogens (tertiary/aromatic N) is 3. The molecule has 8 heteroatoms. The van der Waals surface area contributed by atoms with Crippen LogP contribution in [-0.2, 0) is 22.7 Å². The Morgan fingerprint density at radius 3 is 2.76 bits per heavy atom. The Kier molecular flexibility index (Phi) is 3.56. The van der Waals surface area contributed by atoms with Gasteiger partial charge in [0.15, 0.2) is 9.84 Å². The summed E-state index contributed by atoms with van der Waals surface area (Å²) in [6.45, 7) is 3.76. The van der Waals surface area contributed by atoms with E-state index in [2.05, 4.69) is 15.3 Å². The molecule has 0 saturated carbocycles. The van der Waals surface area contributed by atoms with Gasteiger partial charge in [-0.15, -0.1) is 0 Å². The largest absolute Gasteiger partial charge is 0.361 e. The minimum Gasteiger partial charge on any atom is -0.361 e. The molecule has 0 N–H and O–H groups in total. The number of hydrogen-bond donors (Lipinski definition) is 0. The molecule has 114 valence electrons. The number of aromatic nitrogens is 3. The van der Waals surface area contributed by atoms with Crippen LogP contribution in [0.15, 0.2) is 9.05 Å². The van der Waals surface area contributed by atoms with Crippen LogP contribution in [0.25, 0.3) is 11.4 Å². The maximum atomic E-state index is 11.8. The highest BCUT2D eigenvalue weighted by atomic mass is 32.2. The highest BCUT2D eigenvalue weighted by molar-refractivity contribution is 7.92. The molecule has 1 aliphatic heterocycles. The summed E-state index contributed by atoms with van der Waals surface area (Å²) in [5.41, 5.74) is 1.51. The molecular formula is C13H17N3O4S. The number of sulfone groups is 1. The molecule has 21 heavy (non-hydrogen) atoms. The van der Waals surface area contributed by atoms with Crippen molar-refractivity contribution < 1.29 is 17.5 Å². The van der Waals surface area contributed by atoms with Crippen molar-refractivity contribution in [2.75, 3.05) is 5.75 Å². The first-order chi connectivity index (χ1) is 10.0. The second-order valence-electron chi connectivity index (χ2n) is 5.26. The molecule has 7 nitrogen and oxygen atoms in total. The van der Waals surface area contributed by atoms with Gasteiger partial charge in [0, 0.05) is 6.42 Å². The molecule has 0 radical (unpaired) electrons. The van der Waals surface area contributed by atoms with E-state index in [1.165, 1.54) is 0 Å². The first kappa shape index (κ1) is 14.2. The summed E-state index contributed by atoms with van der Waals surface area (Å²) in [5, 5.41) is 7.49. The predicted octanol–water partition coefficient (Wildman–Crippen LogP) is 1.72. The smallest absolute Gasteiger partial charge is 0.228 e. The Labute approximate surface area is 122 Å². The Morgan fingerprint density at radius 2 is 2.10 bits per heavy atom. The van der Waals surface area contributed by atoms with Gasteiger partial charge in [-0.2, -0.15) is 4.98 Å². The third-order valence-corrected chi connectivity index (χ3v) is 6.10. The van der Waals surface area contributed by atoms with E-state index in [0.29, 0.717) is 36.7 Å². The molecule has 2 aromatic rings. The maximum Gasteiger partial charge on any atom is 0.228 e. The van der Waals surface area contributed by atoms with Crippen molar-refractivity contribution in [3.05, 3.63) is 17.3 Å². The summed E-state index contributed by atoms with van der Waals surface area (Å²) in [6, 6.07) is 0. The van der Waals surface area contributed by atoms with Crippen molar-refractivity contribution in [3.8, 4) is 11.4 Å². The van der Waals surface area contributed by atoms with Gasteiger partial charge in [-0.05, 0) is 26.2 Å². The third kappa shape index (κ3) is 2.59. The summed E-state index contributed by atoms with van der Waals surface area (Å²) in [5.74, 6) is 1.65. The van der Waals surface area contributed by atoms with E-state index in [4.69, 9.17) is 9.05 Å². The molecule has 1 atom stereocenters. The lowest BCUT2D eigenvalue weighted by Crippen LogP contribution is -2.18. The average Bonchev–Trinajstić information content (AvgIpc) is 3.10. The van der Waals surface area contributed by atoms with Crippen molar-refractivity contribution in [1.82, 2.24) is 15.3 Å². The standard InChI is InChI=1S/C13H17N3O4S/c1-3-10-12(8(2)19-15-10)13-14-11(20-16-13)7-9-5-4-6-21(9,17)18/h9H,3-7H2,1-2H3. The number of rotatable bonds is 4. The van der Waals surface area contributed by atoms with Crippen molar-refractivity contribution >= 4 is 9.84 Å². The van der Waals surface area contributed by atoms with Crippen molar-refractivity contribution in [2.45, 2.75) is 44.8 Å². The summed E-state index contributed by atoms with van der Waals surface area (Å²) < 4.78 is 34.0. The molecule has 2 aromatic heterocycles. The highest BCUT2D eigenvalue weighted by Crippen LogP contribution is 2.27. The van der Waals surface area contributed by atoms with Gasteiger partial charge >= 0.3 is 0 Å². The van der Waals surface area contributed by atoms with Crippen LogP contribution in [0.1, 0.15) is 37.1 Å². The molecule has 0 aliphatic carbocycles. The van der Waals surface area contributed by atoms with Crippen molar-refractivity contribution in [1.29, 1.82) is 0 Å². The van der Waals surface area contributed by atoms with Crippen LogP contribution in [-0.4, -0.2) is 34.7 Å². The van der Waals surface area contributed by atoms with Crippen LogP contribution < -0.4 is 0 Å². The monoisotopic (exact) mass is 311 g/mol. The molecule has 0 amide bonds. The van der Waals surface area contributed by atoms with E-state index in [0.717, 1.165) is 11.3 Å². The molecule has 3 rings (SSSR count). The predicted molar refractivity (Wildman–Crippen MR) is 74.4 cm³/mol. The van der Waals surface area contributed by atoms with Crippen LogP contribution in [0.4, 0.5) is 0 Å². The lowest BCUT2D eigenvalue weighted by atomic mass is 10.1. The first-order valence-electron chi connectivity index (χ1n) is 7.01. The lowest BCUT2D eigenvalue weighted by Gasteiger charge is -2.04. The van der Waals surface area contributed by atoms with Gasteiger partial charge in [0.25, 0.3) is 0 Å². The van der Waals surface area contributed by atoms with Gasteiger partial charge in [-0.25, -0.2) is 8.42 Å². The van der Waals surface area contributed by atoms with E-state index in [-0.39, 0.29) is 12.2 Å². The number of aryl methyl sites for hydroxylation is 2. The van der Waals surface area contributed by atoms with Gasteiger partial charge in [-0.3, -0.25) is 0 Å². The average molecular weight is 311 g/mol. The van der Waals surface area contributed by atoms with Gasteiger partial charge in [0.05, 0.1) is 22.3 Å². The van der Waals surface area contributed by atoms with E-state index in [1.807, 2.05) is 6.92 Å². The Balaban J connectivity index is 1.85. The number of hydrogen-bond acceptors (Lipinski definition) is 7. The van der Waals surface area contributed by atoms with E-state index in [9.17, 15) is 8.42 Å². The van der Waals surface area contributed by atoms with E-state index < -0.39 is 15.1 Å². The van der Waals surface area contributed by atoms with Gasteiger partial charge in [0.2, 0.25) is 11.7 Å². The lowest BCUT2D eigenvalue weighted by molar-refractivity contribution is 0.375. The van der Waals surface area contributed by atoms with Gasteiger partial charge in [-0.1, -0.05) is 17.2 Å². The molecule has 1 aliphatic rings. The Hall–Kier alpha value is -1.70. The minimum absolute atomic E-state index is 0.253. The molecule has 1 fully saturated rings. The summed E-state index contributed by atoms with van der Waals surface area (Å²) in [6.07, 6.45) is 2.35. The van der Waals surface area contributed by atoms with Crippen LogP contribution in [0.3, 0.4) is 0 Å². The molecule has 0 bridgehead atoms. The molecule has 3 heterocycles. The Bertz CT molecular complexity index is 747. The van der Waals surface area contributed by atoms with Gasteiger partial charge in [0.1, 0.15) is 5.76 Å². The zero-order valence-electron chi connectivity index (χ0n) is 12.0.